The van der Waals surface area contributed by atoms with Crippen LogP contribution in [0.4, 0.5) is 0 Å². The van der Waals surface area contributed by atoms with Crippen molar-refractivity contribution in [1.29, 1.82) is 0 Å². The number of aryl methyl sites for hydroxylation is 1. The normalized spacial score (nSPS) is 15.7. The molecule has 1 aliphatic carbocycles. The quantitative estimate of drug-likeness (QED) is 0.833. The average Bonchev–Trinajstić information content (AvgIpc) is 2.97. The number of nitrogens with two attached hydrogens (primary N) is 1. The number of rotatable bonds is 4. The van der Waals surface area contributed by atoms with Crippen molar-refractivity contribution in [1.82, 2.24) is 4.72 Å². The van der Waals surface area contributed by atoms with Crippen molar-refractivity contribution in [3.05, 3.63) is 29.3 Å². The second-order valence-electron chi connectivity index (χ2n) is 5.49. The van der Waals surface area contributed by atoms with Gasteiger partial charge in [-0.3, -0.25) is 0 Å². The summed E-state index contributed by atoms with van der Waals surface area (Å²) >= 11 is 0. The van der Waals surface area contributed by atoms with Crippen LogP contribution < -0.4 is 10.5 Å². The van der Waals surface area contributed by atoms with E-state index in [1.54, 1.807) is 18.2 Å². The SMILES string of the molecule is Cc1cc(S(=O)(=O)NCC2CCCC2)ccc1C#CCN. The van der Waals surface area contributed by atoms with Crippen molar-refractivity contribution < 1.29 is 8.42 Å². The highest BCUT2D eigenvalue weighted by molar-refractivity contribution is 7.89. The highest BCUT2D eigenvalue weighted by atomic mass is 32.2. The molecule has 0 saturated heterocycles. The fourth-order valence-electron chi connectivity index (χ4n) is 2.62. The van der Waals surface area contributed by atoms with Crippen LogP contribution in [0.15, 0.2) is 23.1 Å². The van der Waals surface area contributed by atoms with Gasteiger partial charge in [0.2, 0.25) is 10.0 Å². The maximum atomic E-state index is 12.3. The van der Waals surface area contributed by atoms with Gasteiger partial charge >= 0.3 is 0 Å². The molecule has 0 amide bonds. The van der Waals surface area contributed by atoms with Crippen molar-refractivity contribution in [3.8, 4) is 11.8 Å². The molecule has 1 fully saturated rings. The monoisotopic (exact) mass is 306 g/mol. The summed E-state index contributed by atoms with van der Waals surface area (Å²) in [6, 6.07) is 5.00. The third-order valence-electron chi connectivity index (χ3n) is 3.87. The van der Waals surface area contributed by atoms with Gasteiger partial charge < -0.3 is 5.73 Å². The van der Waals surface area contributed by atoms with Gasteiger partial charge in [-0.2, -0.15) is 0 Å². The minimum atomic E-state index is -3.43. The summed E-state index contributed by atoms with van der Waals surface area (Å²) in [5.41, 5.74) is 7.01. The largest absolute Gasteiger partial charge is 0.320 e. The maximum Gasteiger partial charge on any atom is 0.240 e. The Labute approximate surface area is 127 Å². The van der Waals surface area contributed by atoms with Crippen LogP contribution in [0, 0.1) is 24.7 Å². The first-order valence-electron chi connectivity index (χ1n) is 7.32. The van der Waals surface area contributed by atoms with Crippen LogP contribution in [-0.4, -0.2) is 21.5 Å². The Morgan fingerprint density at radius 1 is 1.33 bits per heavy atom. The molecule has 0 unspecified atom stereocenters. The lowest BCUT2D eigenvalue weighted by atomic mass is 10.1. The smallest absolute Gasteiger partial charge is 0.240 e. The summed E-state index contributed by atoms with van der Waals surface area (Å²) in [5, 5.41) is 0. The molecule has 1 aliphatic rings. The minimum absolute atomic E-state index is 0.294. The summed E-state index contributed by atoms with van der Waals surface area (Å²) in [6.07, 6.45) is 4.66. The van der Waals surface area contributed by atoms with Crippen LogP contribution in [0.3, 0.4) is 0 Å². The average molecular weight is 306 g/mol. The topological polar surface area (TPSA) is 72.2 Å². The Hall–Kier alpha value is -1.35. The molecule has 0 atom stereocenters. The zero-order chi connectivity index (χ0) is 15.3. The molecule has 114 valence electrons. The molecule has 5 heteroatoms. The van der Waals surface area contributed by atoms with E-state index in [0.29, 0.717) is 23.9 Å². The zero-order valence-electron chi connectivity index (χ0n) is 12.4. The van der Waals surface area contributed by atoms with E-state index in [-0.39, 0.29) is 0 Å². The van der Waals surface area contributed by atoms with Gasteiger partial charge in [-0.1, -0.05) is 24.7 Å². The number of hydrogen-bond donors (Lipinski definition) is 2. The molecule has 1 saturated carbocycles. The van der Waals surface area contributed by atoms with Crippen LogP contribution in [0.2, 0.25) is 0 Å². The summed E-state index contributed by atoms with van der Waals surface area (Å²) < 4.78 is 27.3. The number of nitrogens with one attached hydrogen (secondary N) is 1. The van der Waals surface area contributed by atoms with E-state index < -0.39 is 10.0 Å². The molecule has 21 heavy (non-hydrogen) atoms. The number of benzene rings is 1. The lowest BCUT2D eigenvalue weighted by molar-refractivity contribution is 0.519. The van der Waals surface area contributed by atoms with Crippen LogP contribution in [0.5, 0.6) is 0 Å². The van der Waals surface area contributed by atoms with Crippen LogP contribution in [0.25, 0.3) is 0 Å². The number of hydrogen-bond acceptors (Lipinski definition) is 3. The van der Waals surface area contributed by atoms with Crippen LogP contribution in [0.1, 0.15) is 36.8 Å². The molecule has 4 nitrogen and oxygen atoms in total. The zero-order valence-corrected chi connectivity index (χ0v) is 13.2. The van der Waals surface area contributed by atoms with E-state index in [4.69, 9.17) is 5.73 Å². The predicted molar refractivity (Wildman–Crippen MR) is 84.3 cm³/mol. The van der Waals surface area contributed by atoms with Gasteiger partial charge in [-0.25, -0.2) is 13.1 Å². The van der Waals surface area contributed by atoms with Crippen LogP contribution >= 0.6 is 0 Å². The van der Waals surface area contributed by atoms with E-state index in [2.05, 4.69) is 16.6 Å². The Bertz CT molecular complexity index is 651. The van der Waals surface area contributed by atoms with Gasteiger partial charge in [-0.15, -0.1) is 0 Å². The first-order valence-corrected chi connectivity index (χ1v) is 8.80. The summed E-state index contributed by atoms with van der Waals surface area (Å²) in [6.45, 7) is 2.69. The highest BCUT2D eigenvalue weighted by Crippen LogP contribution is 2.24. The van der Waals surface area contributed by atoms with E-state index >= 15 is 0 Å². The summed E-state index contributed by atoms with van der Waals surface area (Å²) in [7, 11) is -3.43. The second-order valence-corrected chi connectivity index (χ2v) is 7.25. The highest BCUT2D eigenvalue weighted by Gasteiger charge is 2.20. The van der Waals surface area contributed by atoms with Crippen molar-refractivity contribution in [3.63, 3.8) is 0 Å². The Morgan fingerprint density at radius 2 is 2.05 bits per heavy atom. The molecule has 1 aromatic rings. The minimum Gasteiger partial charge on any atom is -0.320 e. The molecule has 2 rings (SSSR count). The first-order chi connectivity index (χ1) is 10.0. The fraction of sp³-hybridized carbons (Fsp3) is 0.500. The third kappa shape index (κ3) is 4.31. The molecule has 1 aromatic carbocycles. The number of sulfonamides is 1. The van der Waals surface area contributed by atoms with Crippen molar-refractivity contribution in [2.75, 3.05) is 13.1 Å². The van der Waals surface area contributed by atoms with E-state index in [1.807, 2.05) is 6.92 Å². The maximum absolute atomic E-state index is 12.3. The molecule has 0 bridgehead atoms. The Kier molecular flexibility index (Phi) is 5.40. The standard InChI is InChI=1S/C16H22N2O2S/c1-13-11-16(9-8-15(13)7-4-10-17)21(19,20)18-12-14-5-2-3-6-14/h8-9,11,14,18H,2-3,5-6,10,12,17H2,1H3. The lowest BCUT2D eigenvalue weighted by Crippen LogP contribution is -2.28. The molecule has 0 heterocycles. The Morgan fingerprint density at radius 3 is 2.67 bits per heavy atom. The van der Waals surface area contributed by atoms with Crippen molar-refractivity contribution >= 4 is 10.0 Å². The molecule has 0 aromatic heterocycles. The third-order valence-corrected chi connectivity index (χ3v) is 5.29. The molecule has 0 spiro atoms. The summed E-state index contributed by atoms with van der Waals surface area (Å²) in [5.74, 6) is 6.20. The van der Waals surface area contributed by atoms with Gasteiger partial charge in [0.15, 0.2) is 0 Å². The summed E-state index contributed by atoms with van der Waals surface area (Å²) in [4.78, 5) is 0.302. The van der Waals surface area contributed by atoms with Gasteiger partial charge in [0.25, 0.3) is 0 Å². The van der Waals surface area contributed by atoms with Crippen molar-refractivity contribution in [2.24, 2.45) is 11.7 Å². The van der Waals surface area contributed by atoms with Crippen molar-refractivity contribution in [2.45, 2.75) is 37.5 Å². The van der Waals surface area contributed by atoms with Crippen LogP contribution in [-0.2, 0) is 10.0 Å². The Balaban J connectivity index is 2.10. The van der Waals surface area contributed by atoms with E-state index in [1.165, 1.54) is 12.8 Å². The lowest BCUT2D eigenvalue weighted by Gasteiger charge is -2.12. The van der Waals surface area contributed by atoms with Gasteiger partial charge in [0.1, 0.15) is 0 Å². The molecular weight excluding hydrogens is 284 g/mol. The molecule has 0 aliphatic heterocycles. The van der Waals surface area contributed by atoms with Gasteiger partial charge in [0.05, 0.1) is 11.4 Å². The van der Waals surface area contributed by atoms with Gasteiger partial charge in [-0.05, 0) is 49.4 Å². The first kappa shape index (κ1) is 16.0. The molecule has 0 radical (unpaired) electrons. The molecule has 3 N–H and O–H groups in total. The van der Waals surface area contributed by atoms with E-state index in [9.17, 15) is 8.42 Å². The van der Waals surface area contributed by atoms with E-state index in [0.717, 1.165) is 24.0 Å². The molecular formula is C16H22N2O2S. The fourth-order valence-corrected chi connectivity index (χ4v) is 3.82. The van der Waals surface area contributed by atoms with Gasteiger partial charge in [0, 0.05) is 12.1 Å². The second kappa shape index (κ2) is 7.08. The predicted octanol–water partition coefficient (Wildman–Crippen LogP) is 1.77.